The first-order valence-electron chi connectivity index (χ1n) is 9.38. The Morgan fingerprint density at radius 2 is 2.13 bits per heavy atom. The van der Waals surface area contributed by atoms with Gasteiger partial charge >= 0.3 is 6.18 Å². The summed E-state index contributed by atoms with van der Waals surface area (Å²) in [5.74, 6) is -0.351. The standard InChI is InChI=1S/C19H21F3N6OS/c1-10-12(11(2)27(3)25-10)9-23-18(29)14-8-17-24-13(15-5-4-6-30-15)7-16(19(20,21)22)28(17)26-14/h4-6,8,13,16,24H,7,9H2,1-3H3,(H,23,29)/t13-,16+/m1/s1. The lowest BCUT2D eigenvalue weighted by Gasteiger charge is -2.32. The fourth-order valence-electron chi connectivity index (χ4n) is 3.69. The van der Waals surface area contributed by atoms with Gasteiger partial charge in [-0.2, -0.15) is 23.4 Å². The summed E-state index contributed by atoms with van der Waals surface area (Å²) in [6.45, 7) is 3.95. The minimum Gasteiger partial charge on any atom is -0.363 e. The first-order chi connectivity index (χ1) is 14.1. The Kier molecular flexibility index (Phi) is 5.08. The number of fused-ring (bicyclic) bond motifs is 1. The van der Waals surface area contributed by atoms with E-state index in [-0.39, 0.29) is 24.5 Å². The monoisotopic (exact) mass is 438 g/mol. The second-order valence-corrected chi connectivity index (χ2v) is 8.30. The van der Waals surface area contributed by atoms with Crippen LogP contribution in [0.2, 0.25) is 0 Å². The first-order valence-corrected chi connectivity index (χ1v) is 10.3. The summed E-state index contributed by atoms with van der Waals surface area (Å²) in [5.41, 5.74) is 2.52. The lowest BCUT2D eigenvalue weighted by atomic mass is 10.0. The fraction of sp³-hybridized carbons (Fsp3) is 0.421. The summed E-state index contributed by atoms with van der Waals surface area (Å²) < 4.78 is 43.7. The molecule has 0 saturated carbocycles. The van der Waals surface area contributed by atoms with Crippen molar-refractivity contribution >= 4 is 23.1 Å². The van der Waals surface area contributed by atoms with Gasteiger partial charge in [0, 0.05) is 42.2 Å². The van der Waals surface area contributed by atoms with Crippen LogP contribution in [0.1, 0.15) is 50.8 Å². The molecule has 3 aromatic heterocycles. The number of alkyl halides is 3. The predicted octanol–water partition coefficient (Wildman–Crippen LogP) is 3.89. The van der Waals surface area contributed by atoms with Crippen LogP contribution >= 0.6 is 11.3 Å². The molecule has 0 saturated heterocycles. The molecule has 30 heavy (non-hydrogen) atoms. The predicted molar refractivity (Wildman–Crippen MR) is 106 cm³/mol. The summed E-state index contributed by atoms with van der Waals surface area (Å²) in [6.07, 6.45) is -4.66. The minimum atomic E-state index is -4.48. The molecule has 160 valence electrons. The van der Waals surface area contributed by atoms with Gasteiger partial charge in [0.05, 0.1) is 11.7 Å². The summed E-state index contributed by atoms with van der Waals surface area (Å²) in [6, 6.07) is 2.69. The number of amides is 1. The van der Waals surface area contributed by atoms with Gasteiger partial charge in [-0.1, -0.05) is 6.07 Å². The number of aryl methyl sites for hydroxylation is 2. The number of nitrogens with zero attached hydrogens (tertiary/aromatic N) is 4. The van der Waals surface area contributed by atoms with Crippen LogP contribution in [0.5, 0.6) is 0 Å². The van der Waals surface area contributed by atoms with Gasteiger partial charge in [0.2, 0.25) is 0 Å². The molecule has 0 spiro atoms. The molecule has 2 atom stereocenters. The van der Waals surface area contributed by atoms with Crippen molar-refractivity contribution in [1.29, 1.82) is 0 Å². The van der Waals surface area contributed by atoms with Crippen LogP contribution in [0, 0.1) is 13.8 Å². The molecule has 0 aromatic carbocycles. The highest BCUT2D eigenvalue weighted by molar-refractivity contribution is 7.10. The molecule has 3 aromatic rings. The third kappa shape index (κ3) is 3.69. The summed E-state index contributed by atoms with van der Waals surface area (Å²) in [5, 5.41) is 15.9. The number of anilines is 1. The lowest BCUT2D eigenvalue weighted by molar-refractivity contribution is -0.173. The summed E-state index contributed by atoms with van der Waals surface area (Å²) in [7, 11) is 1.81. The zero-order chi connectivity index (χ0) is 21.6. The average molecular weight is 438 g/mol. The number of carbonyl (C=O) groups is 1. The second kappa shape index (κ2) is 7.46. The Morgan fingerprint density at radius 3 is 2.73 bits per heavy atom. The molecule has 11 heteroatoms. The normalized spacial score (nSPS) is 18.7. The van der Waals surface area contributed by atoms with Crippen LogP contribution < -0.4 is 10.6 Å². The SMILES string of the molecule is Cc1nn(C)c(C)c1CNC(=O)c1cc2n(n1)[C@H](C(F)(F)F)C[C@H](c1cccs1)N2. The Labute approximate surface area is 174 Å². The van der Waals surface area contributed by atoms with Crippen molar-refractivity contribution in [3.05, 3.63) is 51.1 Å². The number of aromatic nitrogens is 4. The van der Waals surface area contributed by atoms with E-state index < -0.39 is 24.2 Å². The van der Waals surface area contributed by atoms with E-state index in [0.29, 0.717) is 0 Å². The molecule has 2 N–H and O–H groups in total. The average Bonchev–Trinajstić information content (AvgIpc) is 3.39. The van der Waals surface area contributed by atoms with E-state index in [1.54, 1.807) is 16.8 Å². The van der Waals surface area contributed by atoms with E-state index >= 15 is 0 Å². The van der Waals surface area contributed by atoms with E-state index in [1.165, 1.54) is 17.4 Å². The number of carbonyl (C=O) groups excluding carboxylic acids is 1. The maximum absolute atomic E-state index is 13.7. The van der Waals surface area contributed by atoms with Crippen molar-refractivity contribution in [2.75, 3.05) is 5.32 Å². The Balaban J connectivity index is 1.57. The fourth-order valence-corrected chi connectivity index (χ4v) is 4.48. The number of rotatable bonds is 4. The van der Waals surface area contributed by atoms with E-state index in [9.17, 15) is 18.0 Å². The Hall–Kier alpha value is -2.82. The van der Waals surface area contributed by atoms with E-state index in [2.05, 4.69) is 20.8 Å². The van der Waals surface area contributed by atoms with Crippen LogP contribution in [0.4, 0.5) is 19.0 Å². The van der Waals surface area contributed by atoms with Crippen molar-refractivity contribution in [1.82, 2.24) is 24.9 Å². The second-order valence-electron chi connectivity index (χ2n) is 7.32. The van der Waals surface area contributed by atoms with Gasteiger partial charge in [0.25, 0.3) is 5.91 Å². The van der Waals surface area contributed by atoms with Gasteiger partial charge in [0.15, 0.2) is 11.7 Å². The smallest absolute Gasteiger partial charge is 0.363 e. The molecule has 1 aliphatic rings. The van der Waals surface area contributed by atoms with E-state index in [0.717, 1.165) is 26.5 Å². The van der Waals surface area contributed by atoms with Gasteiger partial charge in [-0.05, 0) is 25.3 Å². The van der Waals surface area contributed by atoms with Crippen LogP contribution in [0.25, 0.3) is 0 Å². The van der Waals surface area contributed by atoms with Gasteiger partial charge < -0.3 is 10.6 Å². The van der Waals surface area contributed by atoms with Gasteiger partial charge in [-0.15, -0.1) is 11.3 Å². The molecule has 7 nitrogen and oxygen atoms in total. The third-order valence-electron chi connectivity index (χ3n) is 5.39. The maximum atomic E-state index is 13.7. The largest absolute Gasteiger partial charge is 0.410 e. The molecule has 0 fully saturated rings. The molecule has 1 aliphatic heterocycles. The van der Waals surface area contributed by atoms with Crippen molar-refractivity contribution in [2.24, 2.45) is 7.05 Å². The topological polar surface area (TPSA) is 76.8 Å². The molecule has 4 rings (SSSR count). The van der Waals surface area contributed by atoms with Crippen molar-refractivity contribution in [2.45, 2.75) is 45.1 Å². The molecule has 0 aliphatic carbocycles. The quantitative estimate of drug-likeness (QED) is 0.648. The third-order valence-corrected chi connectivity index (χ3v) is 6.38. The van der Waals surface area contributed by atoms with Crippen molar-refractivity contribution in [3.8, 4) is 0 Å². The number of thiophene rings is 1. The van der Waals surface area contributed by atoms with Crippen LogP contribution in [0.15, 0.2) is 23.6 Å². The number of hydrogen-bond donors (Lipinski definition) is 2. The molecular weight excluding hydrogens is 417 g/mol. The highest BCUT2D eigenvalue weighted by Crippen LogP contribution is 2.44. The van der Waals surface area contributed by atoms with Crippen LogP contribution in [-0.4, -0.2) is 31.6 Å². The maximum Gasteiger partial charge on any atom is 0.410 e. The first kappa shape index (κ1) is 20.5. The van der Waals surface area contributed by atoms with Gasteiger partial charge in [0.1, 0.15) is 5.82 Å². The van der Waals surface area contributed by atoms with E-state index in [4.69, 9.17) is 0 Å². The minimum absolute atomic E-state index is 0.0576. The van der Waals surface area contributed by atoms with Crippen LogP contribution in [0.3, 0.4) is 0 Å². The summed E-state index contributed by atoms with van der Waals surface area (Å²) in [4.78, 5) is 13.4. The number of nitrogens with one attached hydrogen (secondary N) is 2. The van der Waals surface area contributed by atoms with Gasteiger partial charge in [-0.3, -0.25) is 9.48 Å². The molecular formula is C19H21F3N6OS. The molecule has 0 bridgehead atoms. The molecule has 4 heterocycles. The van der Waals surface area contributed by atoms with Gasteiger partial charge in [-0.25, -0.2) is 4.68 Å². The summed E-state index contributed by atoms with van der Waals surface area (Å²) >= 11 is 1.39. The van der Waals surface area contributed by atoms with Crippen LogP contribution in [-0.2, 0) is 13.6 Å². The molecule has 1 amide bonds. The van der Waals surface area contributed by atoms with Crippen molar-refractivity contribution < 1.29 is 18.0 Å². The number of halogens is 3. The highest BCUT2D eigenvalue weighted by atomic mass is 32.1. The number of hydrogen-bond acceptors (Lipinski definition) is 5. The molecule has 0 unspecified atom stereocenters. The van der Waals surface area contributed by atoms with E-state index in [1.807, 2.05) is 26.3 Å². The Morgan fingerprint density at radius 1 is 1.37 bits per heavy atom. The zero-order valence-corrected chi connectivity index (χ0v) is 17.4. The Bertz CT molecular complexity index is 1070. The van der Waals surface area contributed by atoms with Crippen molar-refractivity contribution in [3.63, 3.8) is 0 Å². The highest BCUT2D eigenvalue weighted by Gasteiger charge is 2.47. The molecule has 0 radical (unpaired) electrons. The lowest BCUT2D eigenvalue weighted by Crippen LogP contribution is -2.35. The zero-order valence-electron chi connectivity index (χ0n) is 16.6.